The summed E-state index contributed by atoms with van der Waals surface area (Å²) in [6.45, 7) is 2.51. The Labute approximate surface area is 150 Å². The number of nitrogens with zero attached hydrogens (tertiary/aromatic N) is 4. The molecule has 1 aromatic carbocycles. The zero-order chi connectivity index (χ0) is 16.9. The fourth-order valence-electron chi connectivity index (χ4n) is 2.44. The van der Waals surface area contributed by atoms with E-state index >= 15 is 0 Å². The molecule has 0 saturated carbocycles. The molecule has 8 heteroatoms. The molecule has 0 spiro atoms. The lowest BCUT2D eigenvalue weighted by atomic mass is 10.3. The van der Waals surface area contributed by atoms with E-state index in [9.17, 15) is 4.79 Å². The van der Waals surface area contributed by atoms with E-state index in [1.807, 2.05) is 0 Å². The average molecular weight is 367 g/mol. The number of amides is 1. The number of hydrogen-bond donors (Lipinski definition) is 0. The van der Waals surface area contributed by atoms with E-state index < -0.39 is 0 Å². The van der Waals surface area contributed by atoms with E-state index in [2.05, 4.69) is 14.9 Å². The van der Waals surface area contributed by atoms with Crippen LogP contribution in [-0.4, -0.2) is 53.6 Å². The van der Waals surface area contributed by atoms with Crippen LogP contribution in [0.2, 0.25) is 10.0 Å². The summed E-state index contributed by atoms with van der Waals surface area (Å²) in [5, 5.41) is 0.719. The summed E-state index contributed by atoms with van der Waals surface area (Å²) in [6.07, 6.45) is 3.42. The molecule has 1 amide bonds. The summed E-state index contributed by atoms with van der Waals surface area (Å²) >= 11 is 12.0. The van der Waals surface area contributed by atoms with Crippen LogP contribution in [0.25, 0.3) is 0 Å². The molecule has 1 saturated heterocycles. The molecule has 0 radical (unpaired) electrons. The number of carbonyl (C=O) groups is 1. The van der Waals surface area contributed by atoms with E-state index in [0.29, 0.717) is 47.9 Å². The highest BCUT2D eigenvalue weighted by Crippen LogP contribution is 2.31. The quantitative estimate of drug-likeness (QED) is 0.831. The lowest BCUT2D eigenvalue weighted by Gasteiger charge is -2.34. The van der Waals surface area contributed by atoms with Crippen molar-refractivity contribution in [1.29, 1.82) is 0 Å². The third-order valence-electron chi connectivity index (χ3n) is 3.73. The van der Waals surface area contributed by atoms with Crippen LogP contribution in [0, 0.1) is 0 Å². The second-order valence-corrected chi connectivity index (χ2v) is 6.04. The van der Waals surface area contributed by atoms with E-state index in [4.69, 9.17) is 27.9 Å². The maximum atomic E-state index is 12.3. The molecule has 24 heavy (non-hydrogen) atoms. The first-order valence-corrected chi connectivity index (χ1v) is 8.27. The maximum Gasteiger partial charge on any atom is 0.260 e. The summed E-state index contributed by atoms with van der Waals surface area (Å²) in [5.74, 6) is 1.01. The molecule has 1 aliphatic rings. The number of anilines is 1. The third-order valence-corrected chi connectivity index (χ3v) is 4.54. The minimum atomic E-state index is -0.0836. The Morgan fingerprint density at radius 1 is 1.08 bits per heavy atom. The standard InChI is InChI=1S/C16H16Cl2N4O2/c17-12-3-1-4-13(15(12)18)24-11-14(23)21-7-9-22(10-8-21)16-19-5-2-6-20-16/h1-6H,7-11H2. The van der Waals surface area contributed by atoms with E-state index in [1.165, 1.54) is 0 Å². The lowest BCUT2D eigenvalue weighted by Crippen LogP contribution is -2.50. The summed E-state index contributed by atoms with van der Waals surface area (Å²) < 4.78 is 5.50. The van der Waals surface area contributed by atoms with Crippen molar-refractivity contribution in [2.24, 2.45) is 0 Å². The molecule has 0 bridgehead atoms. The second kappa shape index (κ2) is 7.68. The monoisotopic (exact) mass is 366 g/mol. The molecule has 2 aromatic rings. The Balaban J connectivity index is 1.51. The van der Waals surface area contributed by atoms with E-state index in [1.54, 1.807) is 41.6 Å². The number of hydrogen-bond acceptors (Lipinski definition) is 5. The Hall–Kier alpha value is -2.05. The molecule has 1 aromatic heterocycles. The van der Waals surface area contributed by atoms with Crippen LogP contribution >= 0.6 is 23.2 Å². The van der Waals surface area contributed by atoms with Gasteiger partial charge in [0.15, 0.2) is 6.61 Å². The van der Waals surface area contributed by atoms with E-state index in [-0.39, 0.29) is 12.5 Å². The Kier molecular flexibility index (Phi) is 5.37. The van der Waals surface area contributed by atoms with Gasteiger partial charge in [-0.15, -0.1) is 0 Å². The highest BCUT2D eigenvalue weighted by molar-refractivity contribution is 6.42. The van der Waals surface area contributed by atoms with Gasteiger partial charge in [-0.3, -0.25) is 4.79 Å². The first-order valence-electron chi connectivity index (χ1n) is 7.51. The van der Waals surface area contributed by atoms with Crippen LogP contribution in [0.15, 0.2) is 36.7 Å². The Morgan fingerprint density at radius 2 is 1.79 bits per heavy atom. The molecule has 0 N–H and O–H groups in total. The molecule has 1 fully saturated rings. The van der Waals surface area contributed by atoms with Gasteiger partial charge in [0.2, 0.25) is 5.95 Å². The van der Waals surface area contributed by atoms with Crippen LogP contribution in [-0.2, 0) is 4.79 Å². The average Bonchev–Trinajstić information content (AvgIpc) is 2.63. The van der Waals surface area contributed by atoms with Gasteiger partial charge in [0, 0.05) is 38.6 Å². The molecule has 0 aliphatic carbocycles. The number of ether oxygens (including phenoxy) is 1. The minimum Gasteiger partial charge on any atom is -0.482 e. The molecule has 0 atom stereocenters. The maximum absolute atomic E-state index is 12.3. The highest BCUT2D eigenvalue weighted by Gasteiger charge is 2.22. The van der Waals surface area contributed by atoms with Crippen molar-refractivity contribution in [3.8, 4) is 5.75 Å². The summed E-state index contributed by atoms with van der Waals surface area (Å²) in [6, 6.07) is 6.86. The van der Waals surface area contributed by atoms with E-state index in [0.717, 1.165) is 0 Å². The van der Waals surface area contributed by atoms with Gasteiger partial charge >= 0.3 is 0 Å². The Morgan fingerprint density at radius 3 is 2.50 bits per heavy atom. The second-order valence-electron chi connectivity index (χ2n) is 5.26. The van der Waals surface area contributed by atoms with Crippen molar-refractivity contribution < 1.29 is 9.53 Å². The van der Waals surface area contributed by atoms with Crippen molar-refractivity contribution in [2.45, 2.75) is 0 Å². The first-order chi connectivity index (χ1) is 11.6. The largest absolute Gasteiger partial charge is 0.482 e. The van der Waals surface area contributed by atoms with Crippen LogP contribution in [0.5, 0.6) is 5.75 Å². The summed E-state index contributed by atoms with van der Waals surface area (Å²) in [5.41, 5.74) is 0. The van der Waals surface area contributed by atoms with Gasteiger partial charge < -0.3 is 14.5 Å². The molecule has 3 rings (SSSR count). The van der Waals surface area contributed by atoms with Crippen LogP contribution in [0.3, 0.4) is 0 Å². The fraction of sp³-hybridized carbons (Fsp3) is 0.312. The molecule has 1 aliphatic heterocycles. The normalized spacial score (nSPS) is 14.6. The van der Waals surface area contributed by atoms with Crippen LogP contribution in [0.1, 0.15) is 0 Å². The predicted molar refractivity (Wildman–Crippen MR) is 92.8 cm³/mol. The molecule has 0 unspecified atom stereocenters. The third kappa shape index (κ3) is 3.88. The van der Waals surface area contributed by atoms with Crippen LogP contribution < -0.4 is 9.64 Å². The molecular weight excluding hydrogens is 351 g/mol. The summed E-state index contributed by atoms with van der Waals surface area (Å²) in [4.78, 5) is 24.6. The van der Waals surface area contributed by atoms with Gasteiger partial charge in [-0.05, 0) is 18.2 Å². The fourth-order valence-corrected chi connectivity index (χ4v) is 2.78. The Bertz CT molecular complexity index is 706. The number of rotatable bonds is 4. The van der Waals surface area contributed by atoms with Gasteiger partial charge in [-0.1, -0.05) is 29.3 Å². The zero-order valence-corrected chi connectivity index (χ0v) is 14.4. The molecule has 2 heterocycles. The van der Waals surface area contributed by atoms with Gasteiger partial charge in [-0.2, -0.15) is 0 Å². The lowest BCUT2D eigenvalue weighted by molar-refractivity contribution is -0.133. The zero-order valence-electron chi connectivity index (χ0n) is 12.9. The number of benzene rings is 1. The van der Waals surface area contributed by atoms with Crippen molar-refractivity contribution in [3.63, 3.8) is 0 Å². The topological polar surface area (TPSA) is 58.6 Å². The first kappa shape index (κ1) is 16.8. The molecule has 6 nitrogen and oxygen atoms in total. The van der Waals surface area contributed by atoms with Crippen LogP contribution in [0.4, 0.5) is 5.95 Å². The predicted octanol–water partition coefficient (Wildman–Crippen LogP) is 2.51. The number of piperazine rings is 1. The number of aromatic nitrogens is 2. The number of carbonyl (C=O) groups excluding carboxylic acids is 1. The summed E-state index contributed by atoms with van der Waals surface area (Å²) in [7, 11) is 0. The van der Waals surface area contributed by atoms with Crippen molar-refractivity contribution in [3.05, 3.63) is 46.7 Å². The minimum absolute atomic E-state index is 0.0676. The van der Waals surface area contributed by atoms with Gasteiger partial charge in [0.25, 0.3) is 5.91 Å². The van der Waals surface area contributed by atoms with Gasteiger partial charge in [-0.25, -0.2) is 9.97 Å². The number of halogens is 2. The van der Waals surface area contributed by atoms with Crippen molar-refractivity contribution >= 4 is 35.1 Å². The smallest absolute Gasteiger partial charge is 0.260 e. The SMILES string of the molecule is O=C(COc1cccc(Cl)c1Cl)N1CCN(c2ncccn2)CC1. The van der Waals surface area contributed by atoms with Gasteiger partial charge in [0.05, 0.1) is 5.02 Å². The molecule has 126 valence electrons. The molecular formula is C16H16Cl2N4O2. The highest BCUT2D eigenvalue weighted by atomic mass is 35.5. The van der Waals surface area contributed by atoms with Gasteiger partial charge in [0.1, 0.15) is 10.8 Å². The van der Waals surface area contributed by atoms with Crippen molar-refractivity contribution in [1.82, 2.24) is 14.9 Å². The van der Waals surface area contributed by atoms with Crippen molar-refractivity contribution in [2.75, 3.05) is 37.7 Å².